The smallest absolute Gasteiger partial charge is 0.408 e. The number of carbonyl (C=O) groups excluding carboxylic acids is 1. The number of hydrogen-bond donors (Lipinski definition) is 1. The molecule has 0 unspecified atom stereocenters. The molecule has 0 radical (unpaired) electrons. The lowest BCUT2D eigenvalue weighted by molar-refractivity contribution is 0.0993. The second-order valence-corrected chi connectivity index (χ2v) is 6.95. The van der Waals surface area contributed by atoms with E-state index in [1.54, 1.807) is 30.1 Å². The minimum Gasteiger partial charge on any atom is -0.408 e. The zero-order valence-electron chi connectivity index (χ0n) is 16.3. The van der Waals surface area contributed by atoms with Crippen molar-refractivity contribution in [2.24, 2.45) is 0 Å². The Morgan fingerprint density at radius 2 is 1.66 bits per heavy atom. The lowest BCUT2D eigenvalue weighted by Gasteiger charge is -2.21. The maximum Gasteiger partial charge on any atom is 0.417 e. The summed E-state index contributed by atoms with van der Waals surface area (Å²) >= 11 is 0. The Bertz CT molecular complexity index is 1190. The summed E-state index contributed by atoms with van der Waals surface area (Å²) in [5, 5.41) is 0. The third-order valence-electron chi connectivity index (χ3n) is 4.91. The van der Waals surface area contributed by atoms with Crippen LogP contribution in [0.4, 0.5) is 11.4 Å². The Labute approximate surface area is 168 Å². The van der Waals surface area contributed by atoms with Gasteiger partial charge in [-0.05, 0) is 48.0 Å². The minimum atomic E-state index is -0.533. The van der Waals surface area contributed by atoms with Gasteiger partial charge in [-0.25, -0.2) is 4.79 Å². The standard InChI is InChI=1S/C23H21N3O3/c1-25(18-6-4-3-5-7-18)15-16-8-11-19(12-9-16)26(2)22(27)17-10-13-21-20(14-17)24-23(28)29-21/h3-14H,15H2,1-2H3,(H,24,28). The van der Waals surface area contributed by atoms with E-state index in [1.807, 2.05) is 42.5 Å². The van der Waals surface area contributed by atoms with E-state index in [4.69, 9.17) is 4.42 Å². The van der Waals surface area contributed by atoms with Gasteiger partial charge in [0.05, 0.1) is 5.52 Å². The van der Waals surface area contributed by atoms with E-state index in [-0.39, 0.29) is 5.91 Å². The Kier molecular flexibility index (Phi) is 4.91. The van der Waals surface area contributed by atoms with E-state index >= 15 is 0 Å². The van der Waals surface area contributed by atoms with Crippen molar-refractivity contribution in [2.75, 3.05) is 23.9 Å². The number of nitrogens with one attached hydrogen (secondary N) is 1. The van der Waals surface area contributed by atoms with E-state index in [2.05, 4.69) is 29.1 Å². The number of aromatic nitrogens is 1. The maximum atomic E-state index is 12.8. The molecule has 0 aliphatic rings. The molecule has 0 spiro atoms. The Hall–Kier alpha value is -3.80. The van der Waals surface area contributed by atoms with Crippen molar-refractivity contribution >= 4 is 28.4 Å². The van der Waals surface area contributed by atoms with Crippen LogP contribution < -0.4 is 15.6 Å². The Morgan fingerprint density at radius 1 is 0.931 bits per heavy atom. The summed E-state index contributed by atoms with van der Waals surface area (Å²) in [5.41, 5.74) is 4.51. The fraction of sp³-hybridized carbons (Fsp3) is 0.130. The highest BCUT2D eigenvalue weighted by molar-refractivity contribution is 6.07. The molecule has 6 heteroatoms. The van der Waals surface area contributed by atoms with Crippen molar-refractivity contribution in [2.45, 2.75) is 6.54 Å². The third-order valence-corrected chi connectivity index (χ3v) is 4.91. The van der Waals surface area contributed by atoms with Crippen molar-refractivity contribution in [3.8, 4) is 0 Å². The van der Waals surface area contributed by atoms with Crippen LogP contribution in [-0.4, -0.2) is 25.0 Å². The van der Waals surface area contributed by atoms with E-state index in [0.717, 1.165) is 23.5 Å². The quantitative estimate of drug-likeness (QED) is 0.561. The molecule has 1 heterocycles. The second-order valence-electron chi connectivity index (χ2n) is 6.95. The fourth-order valence-corrected chi connectivity index (χ4v) is 3.27. The van der Waals surface area contributed by atoms with Gasteiger partial charge in [0.25, 0.3) is 5.91 Å². The van der Waals surface area contributed by atoms with Crippen molar-refractivity contribution in [3.63, 3.8) is 0 Å². The van der Waals surface area contributed by atoms with Gasteiger partial charge in [-0.3, -0.25) is 9.78 Å². The van der Waals surface area contributed by atoms with Crippen molar-refractivity contribution in [1.82, 2.24) is 4.98 Å². The number of para-hydroxylation sites is 1. The van der Waals surface area contributed by atoms with Gasteiger partial charge < -0.3 is 14.2 Å². The van der Waals surface area contributed by atoms with Gasteiger partial charge in [-0.2, -0.15) is 0 Å². The van der Waals surface area contributed by atoms with Crippen LogP contribution in [0.25, 0.3) is 11.1 Å². The minimum absolute atomic E-state index is 0.164. The lowest BCUT2D eigenvalue weighted by Crippen LogP contribution is -2.26. The maximum absolute atomic E-state index is 12.8. The van der Waals surface area contributed by atoms with Crippen LogP contribution in [-0.2, 0) is 6.54 Å². The molecule has 3 aromatic carbocycles. The van der Waals surface area contributed by atoms with E-state index in [9.17, 15) is 9.59 Å². The van der Waals surface area contributed by atoms with Crippen LogP contribution in [0.2, 0.25) is 0 Å². The number of H-pyrrole nitrogens is 1. The molecule has 4 rings (SSSR count). The number of amides is 1. The molecule has 1 aromatic heterocycles. The normalized spacial score (nSPS) is 10.8. The first-order valence-electron chi connectivity index (χ1n) is 9.27. The topological polar surface area (TPSA) is 69.5 Å². The Balaban J connectivity index is 1.48. The second kappa shape index (κ2) is 7.67. The molecular weight excluding hydrogens is 366 g/mol. The van der Waals surface area contributed by atoms with Crippen LogP contribution in [0.15, 0.2) is 82.0 Å². The first-order chi connectivity index (χ1) is 14.0. The molecular formula is C23H21N3O3. The van der Waals surface area contributed by atoms with Gasteiger partial charge >= 0.3 is 5.76 Å². The number of fused-ring (bicyclic) bond motifs is 1. The van der Waals surface area contributed by atoms with E-state index in [1.165, 1.54) is 0 Å². The number of nitrogens with zero attached hydrogens (tertiary/aromatic N) is 2. The van der Waals surface area contributed by atoms with Gasteiger partial charge in [-0.1, -0.05) is 30.3 Å². The molecule has 146 valence electrons. The van der Waals surface area contributed by atoms with Crippen molar-refractivity contribution in [1.29, 1.82) is 0 Å². The van der Waals surface area contributed by atoms with E-state index in [0.29, 0.717) is 16.7 Å². The van der Waals surface area contributed by atoms with Gasteiger partial charge in [0.15, 0.2) is 5.58 Å². The summed E-state index contributed by atoms with van der Waals surface area (Å²) in [6, 6.07) is 23.0. The average molecular weight is 387 g/mol. The van der Waals surface area contributed by atoms with E-state index < -0.39 is 5.76 Å². The highest BCUT2D eigenvalue weighted by atomic mass is 16.4. The summed E-state index contributed by atoms with van der Waals surface area (Å²) in [7, 11) is 3.78. The summed E-state index contributed by atoms with van der Waals surface area (Å²) in [4.78, 5) is 30.5. The van der Waals surface area contributed by atoms with Gasteiger partial charge in [-0.15, -0.1) is 0 Å². The highest BCUT2D eigenvalue weighted by Crippen LogP contribution is 2.20. The fourth-order valence-electron chi connectivity index (χ4n) is 3.27. The molecule has 0 aliphatic heterocycles. The number of aromatic amines is 1. The monoisotopic (exact) mass is 387 g/mol. The van der Waals surface area contributed by atoms with Crippen LogP contribution >= 0.6 is 0 Å². The van der Waals surface area contributed by atoms with Crippen LogP contribution in [0.3, 0.4) is 0 Å². The summed E-state index contributed by atoms with van der Waals surface area (Å²) in [6.07, 6.45) is 0. The van der Waals surface area contributed by atoms with Crippen molar-refractivity contribution in [3.05, 3.63) is 94.5 Å². The predicted molar refractivity (Wildman–Crippen MR) is 115 cm³/mol. The van der Waals surface area contributed by atoms with Gasteiger partial charge in [0.2, 0.25) is 0 Å². The molecule has 1 N–H and O–H groups in total. The van der Waals surface area contributed by atoms with Gasteiger partial charge in [0, 0.05) is 37.6 Å². The first-order valence-corrected chi connectivity index (χ1v) is 9.27. The summed E-state index contributed by atoms with van der Waals surface area (Å²) in [6.45, 7) is 0.770. The SMILES string of the molecule is CN(Cc1ccc(N(C)C(=O)c2ccc3oc(=O)[nH]c3c2)cc1)c1ccccc1. The molecule has 0 atom stereocenters. The highest BCUT2D eigenvalue weighted by Gasteiger charge is 2.15. The first kappa shape index (κ1) is 18.6. The molecule has 4 aromatic rings. The van der Waals surface area contributed by atoms with Crippen LogP contribution in [0.1, 0.15) is 15.9 Å². The third kappa shape index (κ3) is 3.91. The molecule has 0 saturated carbocycles. The number of benzene rings is 3. The zero-order chi connectivity index (χ0) is 20.4. The Morgan fingerprint density at radius 3 is 2.38 bits per heavy atom. The number of rotatable bonds is 5. The molecule has 0 aliphatic carbocycles. The predicted octanol–water partition coefficient (Wildman–Crippen LogP) is 4.03. The lowest BCUT2D eigenvalue weighted by atomic mass is 10.1. The summed E-state index contributed by atoms with van der Waals surface area (Å²) in [5.74, 6) is -0.697. The molecule has 0 bridgehead atoms. The number of anilines is 2. The van der Waals surface area contributed by atoms with Crippen LogP contribution in [0.5, 0.6) is 0 Å². The number of carbonyl (C=O) groups is 1. The summed E-state index contributed by atoms with van der Waals surface area (Å²) < 4.78 is 4.98. The molecule has 6 nitrogen and oxygen atoms in total. The van der Waals surface area contributed by atoms with Gasteiger partial charge in [0.1, 0.15) is 0 Å². The zero-order valence-corrected chi connectivity index (χ0v) is 16.3. The molecule has 0 fully saturated rings. The van der Waals surface area contributed by atoms with Crippen molar-refractivity contribution < 1.29 is 9.21 Å². The number of oxazole rings is 1. The van der Waals surface area contributed by atoms with Crippen LogP contribution in [0, 0.1) is 0 Å². The molecule has 0 saturated heterocycles. The average Bonchev–Trinajstić information content (AvgIpc) is 3.13. The molecule has 1 amide bonds. The largest absolute Gasteiger partial charge is 0.417 e. The number of hydrogen-bond acceptors (Lipinski definition) is 4. The molecule has 29 heavy (non-hydrogen) atoms.